The molecular weight excluding hydrogens is 289 g/mol. The standard InChI is InChI=1S/C17H26BN3O2/c1-10(2)16(22)23-9-13-12-5-6-14-15(7-8-17(12,13)18)21(11(3)4)20-19-14/h10-13H,5-9H2,1-4H3/t12?,13-,17?/m1/s1. The van der Waals surface area contributed by atoms with Crippen molar-refractivity contribution in [2.75, 3.05) is 6.61 Å². The third kappa shape index (κ3) is 2.92. The first kappa shape index (κ1) is 16.5. The van der Waals surface area contributed by atoms with Crippen LogP contribution in [0.2, 0.25) is 5.31 Å². The van der Waals surface area contributed by atoms with Crippen molar-refractivity contribution in [3.8, 4) is 0 Å². The average molecular weight is 315 g/mol. The summed E-state index contributed by atoms with van der Waals surface area (Å²) in [6.45, 7) is 8.42. The molecule has 0 N–H and O–H groups in total. The predicted molar refractivity (Wildman–Crippen MR) is 88.3 cm³/mol. The molecule has 1 saturated carbocycles. The lowest BCUT2D eigenvalue weighted by Crippen LogP contribution is -2.15. The summed E-state index contributed by atoms with van der Waals surface area (Å²) >= 11 is 0. The van der Waals surface area contributed by atoms with E-state index in [1.807, 2.05) is 18.5 Å². The number of rotatable bonds is 4. The zero-order chi connectivity index (χ0) is 16.8. The molecule has 1 heterocycles. The Bertz CT molecular complexity index is 599. The number of hydrogen-bond donors (Lipinski definition) is 0. The Hall–Kier alpha value is -1.33. The highest BCUT2D eigenvalue weighted by molar-refractivity contribution is 6.18. The molecule has 0 aliphatic heterocycles. The van der Waals surface area contributed by atoms with Crippen molar-refractivity contribution < 1.29 is 9.53 Å². The van der Waals surface area contributed by atoms with E-state index < -0.39 is 0 Å². The number of ether oxygens (including phenoxy) is 1. The first-order valence-electron chi connectivity index (χ1n) is 8.73. The van der Waals surface area contributed by atoms with Crippen LogP contribution in [-0.2, 0) is 22.4 Å². The minimum atomic E-state index is -0.193. The average Bonchev–Trinajstić information content (AvgIpc) is 2.83. The maximum absolute atomic E-state index is 11.7. The van der Waals surface area contributed by atoms with Gasteiger partial charge >= 0.3 is 5.97 Å². The van der Waals surface area contributed by atoms with Crippen LogP contribution in [0.25, 0.3) is 0 Å². The fourth-order valence-corrected chi connectivity index (χ4v) is 3.92. The Labute approximate surface area is 139 Å². The minimum absolute atomic E-state index is 0.0828. The zero-order valence-electron chi connectivity index (χ0n) is 14.6. The quantitative estimate of drug-likeness (QED) is 0.633. The molecule has 0 amide bonds. The predicted octanol–water partition coefficient (Wildman–Crippen LogP) is 2.51. The van der Waals surface area contributed by atoms with Gasteiger partial charge < -0.3 is 4.74 Å². The molecule has 124 valence electrons. The van der Waals surface area contributed by atoms with Gasteiger partial charge in [-0.25, -0.2) is 4.68 Å². The van der Waals surface area contributed by atoms with Gasteiger partial charge in [0.1, 0.15) is 0 Å². The van der Waals surface area contributed by atoms with E-state index in [2.05, 4.69) is 24.2 Å². The van der Waals surface area contributed by atoms with Crippen LogP contribution in [0, 0.1) is 17.8 Å². The summed E-state index contributed by atoms with van der Waals surface area (Å²) in [4.78, 5) is 11.7. The number of nitrogens with zero attached hydrogens (tertiary/aromatic N) is 3. The number of aryl methyl sites for hydroxylation is 1. The molecular formula is C17H26BN3O2. The van der Waals surface area contributed by atoms with E-state index in [0.717, 1.165) is 31.4 Å². The van der Waals surface area contributed by atoms with Crippen LogP contribution >= 0.6 is 0 Å². The number of carbonyl (C=O) groups excluding carboxylic acids is 1. The third-order valence-corrected chi connectivity index (χ3v) is 5.48. The zero-order valence-corrected chi connectivity index (χ0v) is 14.6. The van der Waals surface area contributed by atoms with Crippen molar-refractivity contribution in [2.45, 2.75) is 64.7 Å². The van der Waals surface area contributed by atoms with Gasteiger partial charge in [-0.3, -0.25) is 4.79 Å². The van der Waals surface area contributed by atoms with E-state index in [1.54, 1.807) is 0 Å². The highest BCUT2D eigenvalue weighted by Crippen LogP contribution is 2.68. The summed E-state index contributed by atoms with van der Waals surface area (Å²) in [6, 6.07) is 0.317. The van der Waals surface area contributed by atoms with Gasteiger partial charge in [0.2, 0.25) is 0 Å². The summed E-state index contributed by atoms with van der Waals surface area (Å²) < 4.78 is 7.46. The molecule has 3 rings (SSSR count). The normalized spacial score (nSPS) is 29.7. The molecule has 0 saturated heterocycles. The molecule has 1 fully saturated rings. The maximum atomic E-state index is 11.7. The van der Waals surface area contributed by atoms with Gasteiger partial charge in [-0.05, 0) is 51.4 Å². The largest absolute Gasteiger partial charge is 0.465 e. The van der Waals surface area contributed by atoms with Gasteiger partial charge in [0, 0.05) is 6.04 Å². The van der Waals surface area contributed by atoms with Crippen LogP contribution in [0.5, 0.6) is 0 Å². The molecule has 2 unspecified atom stereocenters. The first-order chi connectivity index (χ1) is 10.8. The third-order valence-electron chi connectivity index (χ3n) is 5.48. The lowest BCUT2D eigenvalue weighted by atomic mass is 9.74. The Morgan fingerprint density at radius 1 is 1.39 bits per heavy atom. The van der Waals surface area contributed by atoms with Crippen LogP contribution in [-0.4, -0.2) is 35.4 Å². The van der Waals surface area contributed by atoms with E-state index in [4.69, 9.17) is 12.6 Å². The molecule has 1 aromatic rings. The Balaban J connectivity index is 1.67. The van der Waals surface area contributed by atoms with E-state index >= 15 is 0 Å². The molecule has 1 aromatic heterocycles. The molecule has 0 bridgehead atoms. The summed E-state index contributed by atoms with van der Waals surface area (Å²) in [5.74, 6) is 0.503. The number of esters is 1. The Morgan fingerprint density at radius 2 is 2.13 bits per heavy atom. The molecule has 2 radical (unpaired) electrons. The van der Waals surface area contributed by atoms with Crippen LogP contribution < -0.4 is 0 Å². The van der Waals surface area contributed by atoms with Crippen molar-refractivity contribution in [1.82, 2.24) is 15.0 Å². The van der Waals surface area contributed by atoms with Crippen molar-refractivity contribution >= 4 is 13.8 Å². The molecule has 0 aromatic carbocycles. The summed E-state index contributed by atoms with van der Waals surface area (Å²) in [5.41, 5.74) is 2.35. The second-order valence-electron chi connectivity index (χ2n) is 7.67. The van der Waals surface area contributed by atoms with Gasteiger partial charge in [0.15, 0.2) is 0 Å². The van der Waals surface area contributed by atoms with Gasteiger partial charge in [-0.1, -0.05) is 24.4 Å². The fraction of sp³-hybridized carbons (Fsp3) is 0.824. The van der Waals surface area contributed by atoms with Crippen molar-refractivity contribution in [3.63, 3.8) is 0 Å². The summed E-state index contributed by atoms with van der Waals surface area (Å²) in [5, 5.41) is 8.47. The highest BCUT2D eigenvalue weighted by Gasteiger charge is 2.59. The van der Waals surface area contributed by atoms with E-state index in [-0.39, 0.29) is 23.1 Å². The molecule has 2 aliphatic rings. The van der Waals surface area contributed by atoms with Crippen molar-refractivity contribution in [2.24, 2.45) is 17.8 Å². The lowest BCUT2D eigenvalue weighted by molar-refractivity contribution is -0.147. The second kappa shape index (κ2) is 5.95. The SMILES string of the molecule is [B]C12CCc3c(nnn3C(C)C)CCC1[C@H]2COC(=O)C(C)C. The maximum Gasteiger partial charge on any atom is 0.308 e. The van der Waals surface area contributed by atoms with Crippen molar-refractivity contribution in [1.29, 1.82) is 0 Å². The van der Waals surface area contributed by atoms with Gasteiger partial charge in [-0.2, -0.15) is 0 Å². The number of carbonyl (C=O) groups is 1. The molecule has 6 heteroatoms. The number of fused-ring (bicyclic) bond motifs is 2. The van der Waals surface area contributed by atoms with Gasteiger partial charge in [-0.15, -0.1) is 5.10 Å². The number of aromatic nitrogens is 3. The monoisotopic (exact) mass is 315 g/mol. The van der Waals surface area contributed by atoms with E-state index in [1.165, 1.54) is 5.69 Å². The van der Waals surface area contributed by atoms with E-state index in [0.29, 0.717) is 18.6 Å². The first-order valence-corrected chi connectivity index (χ1v) is 8.73. The lowest BCUT2D eigenvalue weighted by Gasteiger charge is -2.18. The second-order valence-corrected chi connectivity index (χ2v) is 7.67. The Kier molecular flexibility index (Phi) is 4.28. The Morgan fingerprint density at radius 3 is 2.78 bits per heavy atom. The van der Waals surface area contributed by atoms with E-state index in [9.17, 15) is 4.79 Å². The van der Waals surface area contributed by atoms with Gasteiger partial charge in [0.25, 0.3) is 0 Å². The van der Waals surface area contributed by atoms with Crippen LogP contribution in [0.15, 0.2) is 0 Å². The van der Waals surface area contributed by atoms with Gasteiger partial charge in [0.05, 0.1) is 31.8 Å². The molecule has 0 spiro atoms. The van der Waals surface area contributed by atoms with Crippen LogP contribution in [0.3, 0.4) is 0 Å². The summed E-state index contributed by atoms with van der Waals surface area (Å²) in [6.07, 6.45) is 3.74. The number of hydrogen-bond acceptors (Lipinski definition) is 4. The highest BCUT2D eigenvalue weighted by atomic mass is 16.5. The minimum Gasteiger partial charge on any atom is -0.465 e. The molecule has 3 atom stereocenters. The summed E-state index contributed by atoms with van der Waals surface area (Å²) in [7, 11) is 6.64. The van der Waals surface area contributed by atoms with Crippen LogP contribution in [0.1, 0.15) is 58.0 Å². The smallest absolute Gasteiger partial charge is 0.308 e. The molecule has 5 nitrogen and oxygen atoms in total. The van der Waals surface area contributed by atoms with Crippen LogP contribution in [0.4, 0.5) is 0 Å². The van der Waals surface area contributed by atoms with Crippen molar-refractivity contribution in [3.05, 3.63) is 11.4 Å². The molecule has 2 aliphatic carbocycles. The molecule has 23 heavy (non-hydrogen) atoms. The fourth-order valence-electron chi connectivity index (χ4n) is 3.92. The topological polar surface area (TPSA) is 57.0 Å².